The van der Waals surface area contributed by atoms with E-state index in [2.05, 4.69) is 47.4 Å². The minimum absolute atomic E-state index is 0.185. The molecule has 0 saturated carbocycles. The summed E-state index contributed by atoms with van der Waals surface area (Å²) < 4.78 is 15.7. The molecule has 3 aromatic rings. The molecule has 4 heteroatoms. The third kappa shape index (κ3) is 4.59. The van der Waals surface area contributed by atoms with Gasteiger partial charge in [-0.3, -0.25) is 4.68 Å². The van der Waals surface area contributed by atoms with E-state index in [1.54, 1.807) is 12.1 Å². The lowest BCUT2D eigenvalue weighted by Crippen LogP contribution is -2.29. The van der Waals surface area contributed by atoms with Gasteiger partial charge in [0, 0.05) is 18.1 Å². The average molecular weight is 392 g/mol. The molecule has 29 heavy (non-hydrogen) atoms. The van der Waals surface area contributed by atoms with E-state index in [4.69, 9.17) is 5.10 Å². The van der Waals surface area contributed by atoms with E-state index in [1.807, 2.05) is 13.0 Å². The van der Waals surface area contributed by atoms with Crippen molar-refractivity contribution >= 4 is 16.5 Å². The first-order chi connectivity index (χ1) is 14.1. The molecule has 4 rings (SSSR count). The van der Waals surface area contributed by atoms with Crippen molar-refractivity contribution in [3.63, 3.8) is 0 Å². The van der Waals surface area contributed by atoms with Crippen LogP contribution in [0.5, 0.6) is 0 Å². The zero-order valence-electron chi connectivity index (χ0n) is 17.4. The van der Waals surface area contributed by atoms with Gasteiger partial charge in [-0.15, -0.1) is 0 Å². The first-order valence-electron chi connectivity index (χ1n) is 10.8. The summed E-state index contributed by atoms with van der Waals surface area (Å²) in [6.07, 6.45) is 8.97. The lowest BCUT2D eigenvalue weighted by Gasteiger charge is -2.22. The lowest BCUT2D eigenvalue weighted by molar-refractivity contribution is 0.322. The Bertz CT molecular complexity index is 1010. The molecule has 3 nitrogen and oxygen atoms in total. The molecule has 0 aliphatic carbocycles. The Morgan fingerprint density at radius 2 is 2.03 bits per heavy atom. The fraction of sp³-hybridized carbons (Fsp3) is 0.400. The molecule has 1 fully saturated rings. The summed E-state index contributed by atoms with van der Waals surface area (Å²) in [5, 5.41) is 9.39. The van der Waals surface area contributed by atoms with Crippen LogP contribution in [0.1, 0.15) is 49.3 Å². The van der Waals surface area contributed by atoms with Crippen LogP contribution in [0.25, 0.3) is 16.5 Å². The molecule has 1 saturated heterocycles. The number of hydrogen-bond acceptors (Lipinski definition) is 2. The number of aryl methyl sites for hydroxylation is 1. The van der Waals surface area contributed by atoms with Crippen molar-refractivity contribution in [1.29, 1.82) is 0 Å². The zero-order chi connectivity index (χ0) is 20.2. The summed E-state index contributed by atoms with van der Waals surface area (Å²) in [5.41, 5.74) is 5.45. The number of unbranched alkanes of at least 4 members (excludes halogenated alkanes) is 1. The molecule has 0 unspecified atom stereocenters. The Balaban J connectivity index is 1.66. The standard InChI is InChI=1S/C25H30FN3/c1-3-4-5-24(23-8-7-22(26)14-18(23)2)20-6-9-25-21(15-20)17-29(28-25)16-19-10-12-27-13-11-19/h5-9,14-15,17,19,27H,3-4,10-13,16H2,1-2H3. The van der Waals surface area contributed by atoms with E-state index >= 15 is 0 Å². The van der Waals surface area contributed by atoms with Gasteiger partial charge in [-0.25, -0.2) is 4.39 Å². The summed E-state index contributed by atoms with van der Waals surface area (Å²) in [6.45, 7) is 7.37. The Hall–Kier alpha value is -2.46. The molecule has 2 heterocycles. The number of nitrogens with one attached hydrogen (secondary N) is 1. The van der Waals surface area contributed by atoms with E-state index < -0.39 is 0 Å². The number of piperidine rings is 1. The highest BCUT2D eigenvalue weighted by Gasteiger charge is 2.15. The minimum Gasteiger partial charge on any atom is -0.317 e. The maximum Gasteiger partial charge on any atom is 0.123 e. The normalized spacial score (nSPS) is 15.9. The van der Waals surface area contributed by atoms with Crippen LogP contribution >= 0.6 is 0 Å². The van der Waals surface area contributed by atoms with Crippen molar-refractivity contribution in [3.05, 3.63) is 71.2 Å². The van der Waals surface area contributed by atoms with E-state index in [0.717, 1.165) is 49.1 Å². The molecule has 0 radical (unpaired) electrons. The van der Waals surface area contributed by atoms with Crippen LogP contribution in [-0.2, 0) is 6.54 Å². The first-order valence-corrected chi connectivity index (χ1v) is 10.8. The SMILES string of the molecule is CCCC=C(c1ccc2nn(CC3CCNCC3)cc2c1)c1ccc(F)cc1C. The van der Waals surface area contributed by atoms with E-state index in [-0.39, 0.29) is 5.82 Å². The number of fused-ring (bicyclic) bond motifs is 1. The van der Waals surface area contributed by atoms with E-state index in [1.165, 1.54) is 29.4 Å². The quantitative estimate of drug-likeness (QED) is 0.583. The molecule has 0 bridgehead atoms. The van der Waals surface area contributed by atoms with Crippen LogP contribution in [0.2, 0.25) is 0 Å². The molecule has 0 atom stereocenters. The number of benzene rings is 2. The molecule has 1 aliphatic heterocycles. The molecule has 1 N–H and O–H groups in total. The highest BCUT2D eigenvalue weighted by atomic mass is 19.1. The molecule has 0 amide bonds. The van der Waals surface area contributed by atoms with Crippen molar-refractivity contribution in [2.24, 2.45) is 5.92 Å². The molecule has 0 spiro atoms. The molecular weight excluding hydrogens is 361 g/mol. The van der Waals surface area contributed by atoms with Gasteiger partial charge in [0.2, 0.25) is 0 Å². The predicted molar refractivity (Wildman–Crippen MR) is 118 cm³/mol. The molecule has 1 aromatic heterocycles. The summed E-state index contributed by atoms with van der Waals surface area (Å²) in [6, 6.07) is 11.6. The smallest absolute Gasteiger partial charge is 0.123 e. The Morgan fingerprint density at radius 1 is 1.21 bits per heavy atom. The summed E-state index contributed by atoms with van der Waals surface area (Å²) in [4.78, 5) is 0. The number of allylic oxidation sites excluding steroid dienone is 1. The average Bonchev–Trinajstić information content (AvgIpc) is 3.12. The Labute approximate surface area is 172 Å². The second-order valence-electron chi connectivity index (χ2n) is 8.18. The van der Waals surface area contributed by atoms with Crippen LogP contribution in [0, 0.1) is 18.7 Å². The third-order valence-electron chi connectivity index (χ3n) is 5.88. The van der Waals surface area contributed by atoms with Gasteiger partial charge in [-0.05, 0) is 91.7 Å². The van der Waals surface area contributed by atoms with Gasteiger partial charge in [-0.2, -0.15) is 5.10 Å². The molecule has 2 aromatic carbocycles. The van der Waals surface area contributed by atoms with Crippen LogP contribution in [0.15, 0.2) is 48.7 Å². The summed E-state index contributed by atoms with van der Waals surface area (Å²) in [7, 11) is 0. The fourth-order valence-corrected chi connectivity index (χ4v) is 4.27. The Kier molecular flexibility index (Phi) is 6.10. The van der Waals surface area contributed by atoms with Crippen LogP contribution in [0.4, 0.5) is 4.39 Å². The number of rotatable bonds is 6. The zero-order valence-corrected chi connectivity index (χ0v) is 17.4. The maximum absolute atomic E-state index is 13.6. The van der Waals surface area contributed by atoms with Crippen molar-refractivity contribution in [2.75, 3.05) is 13.1 Å². The van der Waals surface area contributed by atoms with Gasteiger partial charge < -0.3 is 5.32 Å². The summed E-state index contributed by atoms with van der Waals surface area (Å²) in [5.74, 6) is 0.516. The van der Waals surface area contributed by atoms with E-state index in [9.17, 15) is 4.39 Å². The van der Waals surface area contributed by atoms with Crippen molar-refractivity contribution < 1.29 is 4.39 Å². The lowest BCUT2D eigenvalue weighted by atomic mass is 9.92. The highest BCUT2D eigenvalue weighted by Crippen LogP contribution is 2.30. The van der Waals surface area contributed by atoms with E-state index in [0.29, 0.717) is 5.92 Å². The van der Waals surface area contributed by atoms with Gasteiger partial charge in [-0.1, -0.05) is 31.6 Å². The van der Waals surface area contributed by atoms with Gasteiger partial charge in [0.1, 0.15) is 5.82 Å². The second-order valence-corrected chi connectivity index (χ2v) is 8.18. The fourth-order valence-electron chi connectivity index (χ4n) is 4.27. The second kappa shape index (κ2) is 8.91. The number of aromatic nitrogens is 2. The third-order valence-corrected chi connectivity index (χ3v) is 5.88. The minimum atomic E-state index is -0.185. The van der Waals surface area contributed by atoms with Crippen molar-refractivity contribution in [2.45, 2.75) is 46.1 Å². The maximum atomic E-state index is 13.6. The molecular formula is C25H30FN3. The van der Waals surface area contributed by atoms with Crippen molar-refractivity contribution in [3.8, 4) is 0 Å². The summed E-state index contributed by atoms with van der Waals surface area (Å²) >= 11 is 0. The highest BCUT2D eigenvalue weighted by molar-refractivity contribution is 5.88. The van der Waals surface area contributed by atoms with Gasteiger partial charge >= 0.3 is 0 Å². The van der Waals surface area contributed by atoms with Crippen LogP contribution in [-0.4, -0.2) is 22.9 Å². The molecule has 152 valence electrons. The van der Waals surface area contributed by atoms with Crippen LogP contribution < -0.4 is 5.32 Å². The van der Waals surface area contributed by atoms with Gasteiger partial charge in [0.15, 0.2) is 0 Å². The number of nitrogens with zero attached hydrogens (tertiary/aromatic N) is 2. The molecule has 1 aliphatic rings. The van der Waals surface area contributed by atoms with Crippen molar-refractivity contribution in [1.82, 2.24) is 15.1 Å². The predicted octanol–water partition coefficient (Wildman–Crippen LogP) is 5.72. The first kappa shape index (κ1) is 19.8. The van der Waals surface area contributed by atoms with Gasteiger partial charge in [0.05, 0.1) is 5.52 Å². The number of halogens is 1. The Morgan fingerprint density at radius 3 is 2.79 bits per heavy atom. The number of hydrogen-bond donors (Lipinski definition) is 1. The van der Waals surface area contributed by atoms with Crippen LogP contribution in [0.3, 0.4) is 0 Å². The topological polar surface area (TPSA) is 29.9 Å². The largest absolute Gasteiger partial charge is 0.317 e. The van der Waals surface area contributed by atoms with Gasteiger partial charge in [0.25, 0.3) is 0 Å². The monoisotopic (exact) mass is 391 g/mol.